The van der Waals surface area contributed by atoms with Gasteiger partial charge in [-0.1, -0.05) is 0 Å². The number of nitrogens with zero attached hydrogens (tertiary/aromatic N) is 8. The molecule has 1 aliphatic rings. The van der Waals surface area contributed by atoms with Gasteiger partial charge in [-0.05, 0) is 18.2 Å². The minimum Gasteiger partial charge on any atom is -0.465 e. The van der Waals surface area contributed by atoms with E-state index in [1.165, 1.54) is 52.3 Å². The maximum Gasteiger partial charge on any atom is 0.420 e. The molecule has 5 heterocycles. The molecule has 0 aliphatic carbocycles. The van der Waals surface area contributed by atoms with Crippen LogP contribution in [0.4, 0.5) is 23.9 Å². The topological polar surface area (TPSA) is 157 Å². The van der Waals surface area contributed by atoms with E-state index in [1.807, 2.05) is 4.90 Å². The molecule has 1 amide bonds. The first kappa shape index (κ1) is 26.0. The zero-order chi connectivity index (χ0) is 28.7. The fraction of sp³-hybridized carbons (Fsp3) is 0.240. The van der Waals surface area contributed by atoms with Gasteiger partial charge in [-0.2, -0.15) is 8.78 Å². The Hall–Kier alpha value is -5.28. The number of halogens is 3. The molecule has 4 aromatic heterocycles. The van der Waals surface area contributed by atoms with E-state index in [1.54, 1.807) is 0 Å². The van der Waals surface area contributed by atoms with E-state index in [4.69, 9.17) is 13.9 Å². The second-order valence-electron chi connectivity index (χ2n) is 9.07. The van der Waals surface area contributed by atoms with Crippen molar-refractivity contribution >= 4 is 23.1 Å². The second kappa shape index (κ2) is 10.4. The third-order valence-electron chi connectivity index (χ3n) is 6.56. The Morgan fingerprint density at radius 1 is 0.976 bits per heavy atom. The van der Waals surface area contributed by atoms with Crippen LogP contribution in [-0.2, 0) is 6.54 Å². The number of pyridine rings is 1. The number of alkyl halides is 2. The second-order valence-corrected chi connectivity index (χ2v) is 9.07. The number of oxazole rings is 1. The first-order valence-electron chi connectivity index (χ1n) is 12.2. The van der Waals surface area contributed by atoms with E-state index in [0.29, 0.717) is 48.9 Å². The van der Waals surface area contributed by atoms with Crippen LogP contribution in [0.3, 0.4) is 0 Å². The van der Waals surface area contributed by atoms with Crippen molar-refractivity contribution in [1.82, 2.24) is 34.6 Å². The third kappa shape index (κ3) is 5.06. The van der Waals surface area contributed by atoms with Crippen molar-refractivity contribution in [3.63, 3.8) is 0 Å². The summed E-state index contributed by atoms with van der Waals surface area (Å²) in [6.45, 7) is 1.45. The Morgan fingerprint density at radius 2 is 1.71 bits per heavy atom. The van der Waals surface area contributed by atoms with Gasteiger partial charge in [-0.15, -0.1) is 10.2 Å². The fourth-order valence-corrected chi connectivity index (χ4v) is 4.42. The highest BCUT2D eigenvalue weighted by molar-refractivity contribution is 5.81. The number of benzene rings is 1. The quantitative estimate of drug-likeness (QED) is 0.320. The molecule has 0 radical (unpaired) electrons. The Labute approximate surface area is 227 Å². The highest BCUT2D eigenvalue weighted by atomic mass is 19.3. The number of amides is 1. The summed E-state index contributed by atoms with van der Waals surface area (Å²) in [5.74, 6) is -1.90. The maximum atomic E-state index is 15.2. The van der Waals surface area contributed by atoms with Crippen LogP contribution in [0.5, 0.6) is 0 Å². The van der Waals surface area contributed by atoms with E-state index < -0.39 is 30.0 Å². The molecule has 1 fully saturated rings. The molecular weight excluding hydrogens is 549 g/mol. The zero-order valence-corrected chi connectivity index (χ0v) is 20.9. The fourth-order valence-electron chi connectivity index (χ4n) is 4.42. The lowest BCUT2D eigenvalue weighted by molar-refractivity contribution is 0.116. The van der Waals surface area contributed by atoms with Gasteiger partial charge in [0, 0.05) is 62.0 Å². The molecule has 13 nitrogen and oxygen atoms in total. The summed E-state index contributed by atoms with van der Waals surface area (Å²) in [4.78, 5) is 39.7. The minimum atomic E-state index is -2.90. The number of fused-ring (bicyclic) bond motifs is 1. The number of carbonyl (C=O) groups is 1. The van der Waals surface area contributed by atoms with Crippen LogP contribution in [0.25, 0.3) is 33.7 Å². The molecule has 0 saturated carbocycles. The normalized spacial score (nSPS) is 13.9. The molecule has 5 aromatic rings. The van der Waals surface area contributed by atoms with Gasteiger partial charge in [0.15, 0.2) is 5.58 Å². The molecule has 1 aliphatic heterocycles. The summed E-state index contributed by atoms with van der Waals surface area (Å²) in [6.07, 6.45) is 0.356. The molecule has 0 spiro atoms. The molecule has 1 saturated heterocycles. The Balaban J connectivity index is 1.21. The predicted molar refractivity (Wildman–Crippen MR) is 135 cm³/mol. The first-order chi connectivity index (χ1) is 19.8. The Bertz CT molecular complexity index is 1780. The van der Waals surface area contributed by atoms with Crippen LogP contribution in [0.1, 0.15) is 18.0 Å². The van der Waals surface area contributed by atoms with Crippen LogP contribution < -0.4 is 10.7 Å². The van der Waals surface area contributed by atoms with E-state index >= 15 is 4.39 Å². The third-order valence-corrected chi connectivity index (χ3v) is 6.56. The lowest BCUT2D eigenvalue weighted by Gasteiger charge is -2.33. The van der Waals surface area contributed by atoms with Crippen molar-refractivity contribution in [2.24, 2.45) is 0 Å². The van der Waals surface area contributed by atoms with Gasteiger partial charge < -0.3 is 23.7 Å². The number of rotatable bonds is 6. The lowest BCUT2D eigenvalue weighted by atomic mass is 10.1. The van der Waals surface area contributed by atoms with E-state index in [9.17, 15) is 18.4 Å². The Kier molecular flexibility index (Phi) is 6.56. The highest BCUT2D eigenvalue weighted by Gasteiger charge is 2.23. The molecule has 210 valence electrons. The number of anilines is 1. The summed E-state index contributed by atoms with van der Waals surface area (Å²) in [5, 5.41) is 15.9. The van der Waals surface area contributed by atoms with Crippen molar-refractivity contribution in [2.45, 2.75) is 13.0 Å². The van der Waals surface area contributed by atoms with Crippen LogP contribution in [0, 0.1) is 5.82 Å². The largest absolute Gasteiger partial charge is 0.465 e. The Morgan fingerprint density at radius 3 is 2.34 bits per heavy atom. The summed E-state index contributed by atoms with van der Waals surface area (Å²) < 4.78 is 52.1. The van der Waals surface area contributed by atoms with Gasteiger partial charge in [-0.3, -0.25) is 9.55 Å². The molecule has 0 unspecified atom stereocenters. The number of hydrogen-bond acceptors (Lipinski definition) is 10. The SMILES string of the molecule is O=C(O)N1CCN(c2ncc(-c3cc4oc(=O)n(Cc5ccc(-c6nnc(C(F)F)o6)cn5)c4cc3F)cn2)CC1. The van der Waals surface area contributed by atoms with Gasteiger partial charge >= 0.3 is 18.3 Å². The van der Waals surface area contributed by atoms with E-state index in [-0.39, 0.29) is 29.1 Å². The predicted octanol–water partition coefficient (Wildman–Crippen LogP) is 3.42. The van der Waals surface area contributed by atoms with Crippen molar-refractivity contribution in [1.29, 1.82) is 0 Å². The molecule has 1 N–H and O–H groups in total. The number of hydrogen-bond donors (Lipinski definition) is 1. The van der Waals surface area contributed by atoms with Gasteiger partial charge in [0.1, 0.15) is 5.82 Å². The van der Waals surface area contributed by atoms with Crippen molar-refractivity contribution < 1.29 is 31.9 Å². The van der Waals surface area contributed by atoms with E-state index in [0.717, 1.165) is 0 Å². The molecular formula is C25H19F3N8O5. The number of piperazine rings is 1. The summed E-state index contributed by atoms with van der Waals surface area (Å²) in [5.41, 5.74) is 1.55. The van der Waals surface area contributed by atoms with Gasteiger partial charge in [0.05, 0.1) is 23.3 Å². The van der Waals surface area contributed by atoms with Crippen LogP contribution in [-0.4, -0.2) is 72.0 Å². The lowest BCUT2D eigenvalue weighted by Crippen LogP contribution is -2.48. The minimum absolute atomic E-state index is 0.0516. The summed E-state index contributed by atoms with van der Waals surface area (Å²) in [6, 6.07) is 5.62. The molecule has 41 heavy (non-hydrogen) atoms. The zero-order valence-electron chi connectivity index (χ0n) is 20.9. The summed E-state index contributed by atoms with van der Waals surface area (Å²) >= 11 is 0. The molecule has 16 heteroatoms. The molecule has 0 atom stereocenters. The molecule has 0 bridgehead atoms. The van der Waals surface area contributed by atoms with Crippen LogP contribution >= 0.6 is 0 Å². The first-order valence-corrected chi connectivity index (χ1v) is 12.2. The monoisotopic (exact) mass is 568 g/mol. The van der Waals surface area contributed by atoms with Gasteiger partial charge in [-0.25, -0.2) is 23.9 Å². The standard InChI is InChI=1S/C25H19F3N8O5/c26-17-8-18-19(7-16(17)14-10-30-23(31-11-14)34-3-5-35(6-4-34)24(37)38)40-25(39)36(18)12-15-2-1-13(9-29-15)21-32-33-22(41-21)20(27)28/h1-2,7-11,20H,3-6,12H2,(H,37,38). The average Bonchev–Trinajstić information content (AvgIpc) is 3.59. The summed E-state index contributed by atoms with van der Waals surface area (Å²) in [7, 11) is 0. The molecule has 6 rings (SSSR count). The number of aromatic nitrogens is 6. The van der Waals surface area contributed by atoms with Crippen molar-refractivity contribution in [3.8, 4) is 22.6 Å². The van der Waals surface area contributed by atoms with Crippen LogP contribution in [0.2, 0.25) is 0 Å². The molecule has 1 aromatic carbocycles. The van der Waals surface area contributed by atoms with Crippen molar-refractivity contribution in [2.75, 3.05) is 31.1 Å². The van der Waals surface area contributed by atoms with Gasteiger partial charge in [0.2, 0.25) is 11.8 Å². The highest BCUT2D eigenvalue weighted by Crippen LogP contribution is 2.28. The van der Waals surface area contributed by atoms with Crippen LogP contribution in [0.15, 0.2) is 56.5 Å². The van der Waals surface area contributed by atoms with Gasteiger partial charge in [0.25, 0.3) is 5.89 Å². The number of carboxylic acid groups (broad SMARTS) is 1. The smallest absolute Gasteiger partial charge is 0.420 e. The maximum absolute atomic E-state index is 15.2. The average molecular weight is 568 g/mol. The van der Waals surface area contributed by atoms with E-state index in [2.05, 4.69) is 25.1 Å². The van der Waals surface area contributed by atoms with Crippen molar-refractivity contribution in [3.05, 3.63) is 70.8 Å².